The zero-order valence-electron chi connectivity index (χ0n) is 31.2. The molecule has 0 radical (unpaired) electrons. The van der Waals surface area contributed by atoms with Gasteiger partial charge in [-0.05, 0) is 73.8 Å². The fourth-order valence-electron chi connectivity index (χ4n) is 9.01. The average Bonchev–Trinajstić information content (AvgIpc) is 3.60. The summed E-state index contributed by atoms with van der Waals surface area (Å²) < 4.78 is 0. The molecule has 0 fully saturated rings. The van der Waals surface area contributed by atoms with Gasteiger partial charge in [-0.2, -0.15) is 0 Å². The molecule has 0 amide bonds. The van der Waals surface area contributed by atoms with E-state index in [2.05, 4.69) is 200 Å². The minimum absolute atomic E-state index is 0.416. The summed E-state index contributed by atoms with van der Waals surface area (Å²) in [5.74, 6) is 0. The average molecular weight is 725 g/mol. The van der Waals surface area contributed by atoms with Crippen molar-refractivity contribution in [2.45, 2.75) is 5.41 Å². The van der Waals surface area contributed by atoms with Gasteiger partial charge in [0.1, 0.15) is 0 Å². The summed E-state index contributed by atoms with van der Waals surface area (Å²) >= 11 is 0. The number of aromatic nitrogens is 2. The lowest BCUT2D eigenvalue weighted by atomic mass is 9.67. The Bertz CT molecular complexity index is 3040. The number of nitrogens with zero attached hydrogens (tertiary/aromatic N) is 2. The molecule has 0 saturated heterocycles. The molecule has 11 rings (SSSR count). The van der Waals surface area contributed by atoms with Gasteiger partial charge in [-0.15, -0.1) is 0 Å². The maximum absolute atomic E-state index is 5.18. The van der Waals surface area contributed by atoms with E-state index in [1.54, 1.807) is 0 Å². The maximum Gasteiger partial charge on any atom is 0.0972 e. The third-order valence-corrected chi connectivity index (χ3v) is 11.8. The molecule has 8 aromatic carbocycles. The van der Waals surface area contributed by atoms with Crippen LogP contribution in [0.15, 0.2) is 218 Å². The SMILES string of the molecule is c1ccc(-c2ccc3ccc4ccc(-c5ccc(-c6ccc(-c7ccc8c(c7)C(c7ccccc7)(c7ccccc7)c7ccccc7-8)cc6)cc5)nc4c3n2)cc1. The molecule has 2 heterocycles. The Morgan fingerprint density at radius 3 is 1.25 bits per heavy atom. The van der Waals surface area contributed by atoms with Gasteiger partial charge in [0.25, 0.3) is 0 Å². The lowest BCUT2D eigenvalue weighted by molar-refractivity contribution is 0.769. The van der Waals surface area contributed by atoms with Crippen molar-refractivity contribution >= 4 is 21.8 Å². The third kappa shape index (κ3) is 5.41. The highest BCUT2D eigenvalue weighted by Gasteiger charge is 2.46. The Morgan fingerprint density at radius 1 is 0.281 bits per heavy atom. The number of rotatable bonds is 6. The van der Waals surface area contributed by atoms with Crippen LogP contribution < -0.4 is 0 Å². The second kappa shape index (κ2) is 13.4. The van der Waals surface area contributed by atoms with Crippen molar-refractivity contribution in [3.63, 3.8) is 0 Å². The summed E-state index contributed by atoms with van der Waals surface area (Å²) in [4.78, 5) is 10.3. The molecule has 0 saturated carbocycles. The van der Waals surface area contributed by atoms with Crippen LogP contribution in [0.25, 0.3) is 77.7 Å². The van der Waals surface area contributed by atoms with E-state index in [4.69, 9.17) is 9.97 Å². The molecule has 57 heavy (non-hydrogen) atoms. The first-order valence-electron chi connectivity index (χ1n) is 19.6. The van der Waals surface area contributed by atoms with Crippen LogP contribution in [0.2, 0.25) is 0 Å². The number of hydrogen-bond acceptors (Lipinski definition) is 2. The van der Waals surface area contributed by atoms with Crippen LogP contribution >= 0.6 is 0 Å². The van der Waals surface area contributed by atoms with Crippen LogP contribution in [-0.2, 0) is 5.41 Å². The summed E-state index contributed by atoms with van der Waals surface area (Å²) in [6.45, 7) is 0. The van der Waals surface area contributed by atoms with Crippen LogP contribution in [0.5, 0.6) is 0 Å². The lowest BCUT2D eigenvalue weighted by Gasteiger charge is -2.34. The predicted molar refractivity (Wildman–Crippen MR) is 236 cm³/mol. The van der Waals surface area contributed by atoms with Gasteiger partial charge in [0, 0.05) is 21.9 Å². The Hall–Kier alpha value is -7.42. The topological polar surface area (TPSA) is 25.8 Å². The first-order chi connectivity index (χ1) is 28.2. The van der Waals surface area contributed by atoms with Gasteiger partial charge in [0.05, 0.1) is 27.8 Å². The molecule has 266 valence electrons. The van der Waals surface area contributed by atoms with Crippen molar-refractivity contribution in [3.05, 3.63) is 241 Å². The van der Waals surface area contributed by atoms with Crippen molar-refractivity contribution in [3.8, 4) is 55.9 Å². The fraction of sp³-hybridized carbons (Fsp3) is 0.0182. The van der Waals surface area contributed by atoms with Crippen LogP contribution in [0.1, 0.15) is 22.3 Å². The molecule has 0 atom stereocenters. The number of pyridine rings is 2. The van der Waals surface area contributed by atoms with Gasteiger partial charge < -0.3 is 0 Å². The standard InChI is InChI=1S/C55H36N2/c1-4-12-40(13-5-1)51-34-31-42-28-29-43-32-35-52(57-54(43)53(42)56-51)41-26-24-38(25-27-41)37-20-22-39(23-21-37)44-30-33-48-47-18-10-11-19-49(47)55(50(48)36-44,45-14-6-2-7-15-45)46-16-8-3-9-17-46/h1-36H. The van der Waals surface area contributed by atoms with Gasteiger partial charge in [-0.3, -0.25) is 0 Å². The predicted octanol–water partition coefficient (Wildman–Crippen LogP) is 13.8. The number of benzene rings is 8. The van der Waals surface area contributed by atoms with Crippen molar-refractivity contribution in [2.24, 2.45) is 0 Å². The molecule has 0 bridgehead atoms. The van der Waals surface area contributed by atoms with Crippen molar-refractivity contribution in [1.29, 1.82) is 0 Å². The van der Waals surface area contributed by atoms with Gasteiger partial charge in [0.15, 0.2) is 0 Å². The highest BCUT2D eigenvalue weighted by molar-refractivity contribution is 6.04. The Labute approximate surface area is 332 Å². The quantitative estimate of drug-likeness (QED) is 0.160. The molecular formula is C55H36N2. The van der Waals surface area contributed by atoms with Crippen molar-refractivity contribution in [2.75, 3.05) is 0 Å². The zero-order chi connectivity index (χ0) is 37.8. The first kappa shape index (κ1) is 33.0. The summed E-state index contributed by atoms with van der Waals surface area (Å²) in [5.41, 5.74) is 18.0. The van der Waals surface area contributed by atoms with E-state index in [-0.39, 0.29) is 0 Å². The zero-order valence-corrected chi connectivity index (χ0v) is 31.2. The molecule has 0 unspecified atom stereocenters. The number of hydrogen-bond donors (Lipinski definition) is 0. The molecule has 0 aliphatic heterocycles. The van der Waals surface area contributed by atoms with Gasteiger partial charge in [-0.25, -0.2) is 9.97 Å². The second-order valence-corrected chi connectivity index (χ2v) is 14.9. The van der Waals surface area contributed by atoms with E-state index in [0.29, 0.717) is 0 Å². The summed E-state index contributed by atoms with van der Waals surface area (Å²) in [6.07, 6.45) is 0. The molecule has 1 aliphatic carbocycles. The van der Waals surface area contributed by atoms with Crippen LogP contribution in [0, 0.1) is 0 Å². The van der Waals surface area contributed by atoms with Gasteiger partial charge in [0.2, 0.25) is 0 Å². The highest BCUT2D eigenvalue weighted by Crippen LogP contribution is 2.56. The number of fused-ring (bicyclic) bond motifs is 6. The minimum atomic E-state index is -0.416. The van der Waals surface area contributed by atoms with Gasteiger partial charge in [-0.1, -0.05) is 200 Å². The van der Waals surface area contributed by atoms with E-state index in [0.717, 1.165) is 44.3 Å². The summed E-state index contributed by atoms with van der Waals surface area (Å²) in [5, 5.41) is 2.17. The van der Waals surface area contributed by atoms with E-state index in [9.17, 15) is 0 Å². The normalized spacial score (nSPS) is 12.7. The monoisotopic (exact) mass is 724 g/mol. The third-order valence-electron chi connectivity index (χ3n) is 11.8. The molecular weight excluding hydrogens is 689 g/mol. The van der Waals surface area contributed by atoms with Crippen LogP contribution in [-0.4, -0.2) is 9.97 Å². The highest BCUT2D eigenvalue weighted by atomic mass is 14.8. The van der Waals surface area contributed by atoms with Gasteiger partial charge >= 0.3 is 0 Å². The molecule has 2 aromatic heterocycles. The first-order valence-corrected chi connectivity index (χ1v) is 19.6. The van der Waals surface area contributed by atoms with Crippen LogP contribution in [0.4, 0.5) is 0 Å². The summed E-state index contributed by atoms with van der Waals surface area (Å²) in [6, 6.07) is 78.8. The summed E-state index contributed by atoms with van der Waals surface area (Å²) in [7, 11) is 0. The van der Waals surface area contributed by atoms with Crippen molar-refractivity contribution in [1.82, 2.24) is 9.97 Å². The smallest absolute Gasteiger partial charge is 0.0972 e. The maximum atomic E-state index is 5.18. The van der Waals surface area contributed by atoms with E-state index >= 15 is 0 Å². The molecule has 2 heteroatoms. The molecule has 0 N–H and O–H groups in total. The largest absolute Gasteiger partial charge is 0.245 e. The Balaban J connectivity index is 0.928. The molecule has 2 nitrogen and oxygen atoms in total. The van der Waals surface area contributed by atoms with E-state index in [1.807, 2.05) is 18.2 Å². The lowest BCUT2D eigenvalue weighted by Crippen LogP contribution is -2.28. The molecule has 0 spiro atoms. The van der Waals surface area contributed by atoms with Crippen LogP contribution in [0.3, 0.4) is 0 Å². The second-order valence-electron chi connectivity index (χ2n) is 14.9. The van der Waals surface area contributed by atoms with Crippen molar-refractivity contribution < 1.29 is 0 Å². The molecule has 10 aromatic rings. The molecule has 1 aliphatic rings. The van der Waals surface area contributed by atoms with E-state index < -0.39 is 5.41 Å². The minimum Gasteiger partial charge on any atom is -0.245 e. The van der Waals surface area contributed by atoms with E-state index in [1.165, 1.54) is 55.6 Å². The fourth-order valence-corrected chi connectivity index (χ4v) is 9.01. The Morgan fingerprint density at radius 2 is 0.684 bits per heavy atom. The Kier molecular flexibility index (Phi) is 7.75.